The molecule has 2 aromatic rings. The second kappa shape index (κ2) is 11.4. The third-order valence-electron chi connectivity index (χ3n) is 9.35. The summed E-state index contributed by atoms with van der Waals surface area (Å²) in [4.78, 5) is 49.2. The Kier molecular flexibility index (Phi) is 7.79. The van der Waals surface area contributed by atoms with E-state index in [1.54, 1.807) is 21.6 Å². The van der Waals surface area contributed by atoms with E-state index in [2.05, 4.69) is 19.1 Å². The van der Waals surface area contributed by atoms with Crippen molar-refractivity contribution in [2.24, 2.45) is 11.8 Å². The van der Waals surface area contributed by atoms with Gasteiger partial charge >= 0.3 is 0 Å². The van der Waals surface area contributed by atoms with Crippen molar-refractivity contribution in [3.63, 3.8) is 0 Å². The summed E-state index contributed by atoms with van der Waals surface area (Å²) in [5, 5.41) is 10.7. The maximum Gasteiger partial charge on any atom is 0.247 e. The highest BCUT2D eigenvalue weighted by atomic mass is 32.2. The number of carbonyl (C=O) groups is 3. The van der Waals surface area contributed by atoms with E-state index >= 15 is 0 Å². The number of carbonyl (C=O) groups excluding carboxylic acids is 3. The molecule has 0 aromatic heterocycles. The summed E-state index contributed by atoms with van der Waals surface area (Å²) in [5.41, 5.74) is 1.77. The first-order valence-corrected chi connectivity index (χ1v) is 15.8. The number of para-hydroxylation sites is 1. The molecule has 2 aromatic carbocycles. The van der Waals surface area contributed by atoms with Gasteiger partial charge in [-0.3, -0.25) is 14.4 Å². The number of benzene rings is 2. The predicted octanol–water partition coefficient (Wildman–Crippen LogP) is 4.08. The Bertz CT molecular complexity index is 1400. The highest BCUT2D eigenvalue weighted by Crippen LogP contribution is 2.66. The van der Waals surface area contributed by atoms with Gasteiger partial charge in [-0.2, -0.15) is 0 Å². The monoisotopic (exact) mass is 585 g/mol. The average molecular weight is 586 g/mol. The van der Waals surface area contributed by atoms with Gasteiger partial charge in [-0.05, 0) is 37.5 Å². The number of fused-ring (bicyclic) bond motifs is 2. The molecule has 42 heavy (non-hydrogen) atoms. The normalized spacial score (nSPS) is 31.1. The number of thioether (sulfide) groups is 1. The van der Waals surface area contributed by atoms with Crippen LogP contribution in [0, 0.1) is 11.8 Å². The van der Waals surface area contributed by atoms with Crippen molar-refractivity contribution in [1.29, 1.82) is 0 Å². The Morgan fingerprint density at radius 2 is 1.60 bits per heavy atom. The zero-order valence-corrected chi connectivity index (χ0v) is 25.1. The minimum Gasteiger partial charge on any atom is -0.394 e. The summed E-state index contributed by atoms with van der Waals surface area (Å²) in [6.45, 7) is 5.36. The van der Waals surface area contributed by atoms with E-state index in [4.69, 9.17) is 0 Å². The molecule has 2 saturated heterocycles. The molecule has 1 unspecified atom stereocenters. The van der Waals surface area contributed by atoms with Gasteiger partial charge in [0.25, 0.3) is 0 Å². The number of hydrogen-bond acceptors (Lipinski definition) is 5. The van der Waals surface area contributed by atoms with Crippen molar-refractivity contribution in [2.75, 3.05) is 31.1 Å². The Balaban J connectivity index is 1.47. The Hall–Kier alpha value is -3.36. The third kappa shape index (κ3) is 4.60. The van der Waals surface area contributed by atoms with Gasteiger partial charge in [0.05, 0.1) is 29.2 Å². The first-order valence-electron chi connectivity index (χ1n) is 15.0. The van der Waals surface area contributed by atoms with E-state index in [1.165, 1.54) is 0 Å². The molecule has 0 radical (unpaired) electrons. The largest absolute Gasteiger partial charge is 0.394 e. The van der Waals surface area contributed by atoms with Crippen LogP contribution in [-0.4, -0.2) is 80.4 Å². The number of amides is 3. The molecule has 0 bridgehead atoms. The van der Waals surface area contributed by atoms with E-state index < -0.39 is 33.4 Å². The second-order valence-electron chi connectivity index (χ2n) is 12.0. The van der Waals surface area contributed by atoms with Gasteiger partial charge in [-0.15, -0.1) is 11.8 Å². The zero-order chi connectivity index (χ0) is 29.5. The first kappa shape index (κ1) is 28.7. The van der Waals surface area contributed by atoms with Crippen molar-refractivity contribution >= 4 is 35.2 Å². The standard InChI is InChI=1S/C34H39N3O4S/c1-3-4-19-35-20-12-18-34-28(27-30(39)36(25-15-9-6-10-16-25)21-11-17-33(27,2)42-34)31(40)37(29(34)32(35)41)26(23-38)22-24-13-7-5-8-14-24/h5-18,26-29,38H,3-4,19-23H2,1-2H3/t26-,27-,28+,29?,33+,34+/m1/s1. The summed E-state index contributed by atoms with van der Waals surface area (Å²) in [7, 11) is 0. The molecule has 2 fully saturated rings. The van der Waals surface area contributed by atoms with Crippen LogP contribution in [0.4, 0.5) is 5.69 Å². The molecule has 4 aliphatic heterocycles. The van der Waals surface area contributed by atoms with Crippen LogP contribution >= 0.6 is 11.8 Å². The van der Waals surface area contributed by atoms with Crippen molar-refractivity contribution in [2.45, 2.75) is 54.7 Å². The fourth-order valence-corrected chi connectivity index (χ4v) is 9.57. The van der Waals surface area contributed by atoms with Crippen LogP contribution in [0.25, 0.3) is 0 Å². The number of aliphatic hydroxyl groups is 1. The van der Waals surface area contributed by atoms with Crippen molar-refractivity contribution in [3.8, 4) is 0 Å². The fraction of sp³-hybridized carbons (Fsp3) is 0.441. The minimum atomic E-state index is -0.932. The Morgan fingerprint density at radius 3 is 2.29 bits per heavy atom. The lowest BCUT2D eigenvalue weighted by atomic mass is 9.74. The molecule has 6 atom stereocenters. The van der Waals surface area contributed by atoms with Crippen molar-refractivity contribution in [3.05, 3.63) is 90.5 Å². The van der Waals surface area contributed by atoms with Gasteiger partial charge in [0.15, 0.2) is 0 Å². The van der Waals surface area contributed by atoms with Crippen LogP contribution < -0.4 is 4.90 Å². The van der Waals surface area contributed by atoms with Gasteiger partial charge < -0.3 is 19.8 Å². The number of likely N-dealkylation sites (tertiary alicyclic amines) is 1. The molecule has 7 nitrogen and oxygen atoms in total. The molecular formula is C34H39N3O4S. The predicted molar refractivity (Wildman–Crippen MR) is 166 cm³/mol. The lowest BCUT2D eigenvalue weighted by Gasteiger charge is -2.40. The SMILES string of the molecule is CCCCN1CC=C[C@]23S[C@@]4(C)C=CCN(c5ccccc5)C(=O)[C@H]4[C@H]2C(=O)N([C@@H](CO)Cc2ccccc2)C3C1=O. The third-order valence-corrected chi connectivity index (χ3v) is 11.1. The summed E-state index contributed by atoms with van der Waals surface area (Å²) in [5.74, 6) is -1.83. The van der Waals surface area contributed by atoms with E-state index in [1.807, 2.05) is 84.6 Å². The summed E-state index contributed by atoms with van der Waals surface area (Å²) in [6, 6.07) is 17.9. The topological polar surface area (TPSA) is 81.2 Å². The quantitative estimate of drug-likeness (QED) is 0.473. The molecule has 6 rings (SSSR count). The molecule has 1 spiro atoms. The molecule has 4 aliphatic rings. The lowest BCUT2D eigenvalue weighted by Crippen LogP contribution is -2.57. The molecule has 8 heteroatoms. The summed E-state index contributed by atoms with van der Waals surface area (Å²) < 4.78 is -1.61. The lowest BCUT2D eigenvalue weighted by molar-refractivity contribution is -0.145. The van der Waals surface area contributed by atoms with E-state index in [0.29, 0.717) is 26.1 Å². The number of anilines is 1. The van der Waals surface area contributed by atoms with Crippen molar-refractivity contribution < 1.29 is 19.5 Å². The van der Waals surface area contributed by atoms with Crippen LogP contribution in [0.15, 0.2) is 85.0 Å². The van der Waals surface area contributed by atoms with E-state index in [9.17, 15) is 19.5 Å². The molecule has 4 heterocycles. The molecule has 1 N–H and O–H groups in total. The van der Waals surface area contributed by atoms with Gasteiger partial charge in [0.1, 0.15) is 6.04 Å². The average Bonchev–Trinajstić information content (AvgIpc) is 3.28. The van der Waals surface area contributed by atoms with Crippen LogP contribution in [-0.2, 0) is 20.8 Å². The number of rotatable bonds is 8. The van der Waals surface area contributed by atoms with Crippen LogP contribution in [0.3, 0.4) is 0 Å². The second-order valence-corrected chi connectivity index (χ2v) is 13.8. The van der Waals surface area contributed by atoms with Gasteiger partial charge in [0.2, 0.25) is 17.7 Å². The minimum absolute atomic E-state index is 0.0975. The van der Waals surface area contributed by atoms with E-state index in [0.717, 1.165) is 24.1 Å². The summed E-state index contributed by atoms with van der Waals surface area (Å²) >= 11 is 1.59. The molecule has 0 aliphatic carbocycles. The number of aliphatic hydroxyl groups excluding tert-OH is 1. The van der Waals surface area contributed by atoms with E-state index in [-0.39, 0.29) is 24.3 Å². The number of hydrogen-bond donors (Lipinski definition) is 1. The maximum absolute atomic E-state index is 14.8. The van der Waals surface area contributed by atoms with Crippen molar-refractivity contribution in [1.82, 2.24) is 9.80 Å². The summed E-state index contributed by atoms with van der Waals surface area (Å²) in [6.07, 6.45) is 10.4. The Morgan fingerprint density at radius 1 is 0.905 bits per heavy atom. The smallest absolute Gasteiger partial charge is 0.247 e. The van der Waals surface area contributed by atoms with Gasteiger partial charge in [-0.25, -0.2) is 0 Å². The fourth-order valence-electron chi connectivity index (χ4n) is 7.43. The number of nitrogens with zero attached hydrogens (tertiary/aromatic N) is 3. The highest BCUT2D eigenvalue weighted by Gasteiger charge is 2.74. The number of unbranched alkanes of at least 4 members (excludes halogenated alkanes) is 1. The highest BCUT2D eigenvalue weighted by molar-refractivity contribution is 8.02. The van der Waals surface area contributed by atoms with Crippen LogP contribution in [0.5, 0.6) is 0 Å². The maximum atomic E-state index is 14.8. The van der Waals surface area contributed by atoms with Gasteiger partial charge in [-0.1, -0.05) is 86.2 Å². The van der Waals surface area contributed by atoms with Crippen LogP contribution in [0.1, 0.15) is 32.3 Å². The molecule has 3 amide bonds. The zero-order valence-electron chi connectivity index (χ0n) is 24.3. The molecule has 0 saturated carbocycles. The van der Waals surface area contributed by atoms with Gasteiger partial charge in [0, 0.05) is 30.1 Å². The molecular weight excluding hydrogens is 546 g/mol. The van der Waals surface area contributed by atoms with Crippen LogP contribution in [0.2, 0.25) is 0 Å². The first-order chi connectivity index (χ1) is 20.3. The Labute approximate surface area is 252 Å². The molecule has 220 valence electrons.